The van der Waals surface area contributed by atoms with E-state index in [1.165, 1.54) is 51.4 Å². The van der Waals surface area contributed by atoms with E-state index < -0.39 is 11.9 Å². The zero-order valence-electron chi connectivity index (χ0n) is 19.0. The van der Waals surface area contributed by atoms with Gasteiger partial charge in [0.2, 0.25) is 0 Å². The average molecular weight is 462 g/mol. The van der Waals surface area contributed by atoms with Gasteiger partial charge in [0.05, 0.1) is 0 Å². The summed E-state index contributed by atoms with van der Waals surface area (Å²) in [6.45, 7) is 4.42. The van der Waals surface area contributed by atoms with Gasteiger partial charge < -0.3 is 10.2 Å². The van der Waals surface area contributed by atoms with Gasteiger partial charge in [0.1, 0.15) is 0 Å². The Balaban J connectivity index is -0.000000451. The summed E-state index contributed by atoms with van der Waals surface area (Å²) >= 11 is 0. The normalized spacial score (nSPS) is 10.6. The van der Waals surface area contributed by atoms with E-state index >= 15 is 0 Å². The summed E-state index contributed by atoms with van der Waals surface area (Å²) in [7, 11) is 0. The smallest absolute Gasteiger partial charge is 0.303 e. The van der Waals surface area contributed by atoms with Gasteiger partial charge >= 0.3 is 11.9 Å². The van der Waals surface area contributed by atoms with Crippen LogP contribution in [0, 0.1) is 0 Å². The summed E-state index contributed by atoms with van der Waals surface area (Å²) in [5.41, 5.74) is 0. The van der Waals surface area contributed by atoms with Gasteiger partial charge in [0, 0.05) is 32.3 Å². The standard InChI is InChI=1S/2C12H22O2.Zn/c2*1-2-3-4-5-6-7-8-9-10-11-12(13)14;/h2*7-8H,2-6,9-11H2,1H3,(H,13,14);. The number of carboxylic acid groups (broad SMARTS) is 2. The van der Waals surface area contributed by atoms with Crippen molar-refractivity contribution in [1.82, 2.24) is 0 Å². The third-order valence-corrected chi connectivity index (χ3v) is 4.30. The van der Waals surface area contributed by atoms with Gasteiger partial charge in [-0.2, -0.15) is 0 Å². The Kier molecular flexibility index (Phi) is 33.0. The molecule has 29 heavy (non-hydrogen) atoms. The van der Waals surface area contributed by atoms with Crippen molar-refractivity contribution in [1.29, 1.82) is 0 Å². The van der Waals surface area contributed by atoms with Crippen LogP contribution in [-0.2, 0) is 29.1 Å². The maximum Gasteiger partial charge on any atom is 0.303 e. The van der Waals surface area contributed by atoms with Gasteiger partial charge in [-0.25, -0.2) is 0 Å². The molecule has 0 bridgehead atoms. The largest absolute Gasteiger partial charge is 0.481 e. The molecule has 4 nitrogen and oxygen atoms in total. The van der Waals surface area contributed by atoms with Crippen LogP contribution in [0.3, 0.4) is 0 Å². The minimum Gasteiger partial charge on any atom is -0.481 e. The monoisotopic (exact) mass is 460 g/mol. The fourth-order valence-electron chi connectivity index (χ4n) is 2.59. The fourth-order valence-corrected chi connectivity index (χ4v) is 2.59. The maximum absolute atomic E-state index is 10.2. The van der Waals surface area contributed by atoms with Crippen molar-refractivity contribution in [2.24, 2.45) is 0 Å². The van der Waals surface area contributed by atoms with Gasteiger partial charge in [-0.05, 0) is 51.4 Å². The van der Waals surface area contributed by atoms with E-state index in [0.717, 1.165) is 38.5 Å². The Morgan fingerprint density at radius 2 is 0.862 bits per heavy atom. The van der Waals surface area contributed by atoms with Crippen LogP contribution < -0.4 is 0 Å². The summed E-state index contributed by atoms with van der Waals surface area (Å²) in [5, 5.41) is 16.8. The van der Waals surface area contributed by atoms with Crippen LogP contribution in [0.4, 0.5) is 0 Å². The van der Waals surface area contributed by atoms with E-state index in [0.29, 0.717) is 12.8 Å². The van der Waals surface area contributed by atoms with E-state index in [1.807, 2.05) is 0 Å². The summed E-state index contributed by atoms with van der Waals surface area (Å²) in [4.78, 5) is 20.4. The molecule has 0 aromatic rings. The van der Waals surface area contributed by atoms with Crippen LogP contribution in [0.5, 0.6) is 0 Å². The number of hydrogen-bond acceptors (Lipinski definition) is 2. The second-order valence-corrected chi connectivity index (χ2v) is 7.21. The molecular formula is C24H44O4Zn. The van der Waals surface area contributed by atoms with Crippen LogP contribution in [0.15, 0.2) is 24.3 Å². The minimum atomic E-state index is -0.693. The molecule has 166 valence electrons. The zero-order valence-corrected chi connectivity index (χ0v) is 22.0. The average Bonchev–Trinajstić information content (AvgIpc) is 2.65. The Labute approximate surface area is 192 Å². The molecule has 0 saturated heterocycles. The number of allylic oxidation sites excluding steroid dienone is 4. The van der Waals surface area contributed by atoms with Crippen LogP contribution in [0.1, 0.15) is 117 Å². The van der Waals surface area contributed by atoms with E-state index in [9.17, 15) is 9.59 Å². The molecule has 0 aliphatic carbocycles. The van der Waals surface area contributed by atoms with E-state index in [1.54, 1.807) is 0 Å². The van der Waals surface area contributed by atoms with E-state index in [4.69, 9.17) is 10.2 Å². The van der Waals surface area contributed by atoms with Gasteiger partial charge in [-0.3, -0.25) is 9.59 Å². The molecule has 0 heterocycles. The van der Waals surface area contributed by atoms with Crippen molar-refractivity contribution in [3.05, 3.63) is 24.3 Å². The summed E-state index contributed by atoms with van der Waals surface area (Å²) < 4.78 is 0. The van der Waals surface area contributed by atoms with Gasteiger partial charge in [-0.15, -0.1) is 0 Å². The Hall–Kier alpha value is -0.957. The molecule has 0 fully saturated rings. The third kappa shape index (κ3) is 38.3. The Bertz CT molecular complexity index is 368. The molecule has 0 aromatic carbocycles. The second kappa shape index (κ2) is 29.2. The molecule has 0 aliphatic rings. The van der Waals surface area contributed by atoms with Crippen molar-refractivity contribution >= 4 is 11.9 Å². The summed E-state index contributed by atoms with van der Waals surface area (Å²) in [6, 6.07) is 0. The molecule has 0 spiro atoms. The first-order valence-electron chi connectivity index (χ1n) is 11.3. The first-order valence-corrected chi connectivity index (χ1v) is 11.3. The molecule has 0 rings (SSSR count). The predicted molar refractivity (Wildman–Crippen MR) is 119 cm³/mol. The van der Waals surface area contributed by atoms with E-state index in [-0.39, 0.29) is 19.5 Å². The molecule has 2 N–H and O–H groups in total. The maximum atomic E-state index is 10.2. The predicted octanol–water partition coefficient (Wildman–Crippen LogP) is 7.53. The fraction of sp³-hybridized carbons (Fsp3) is 0.750. The molecule has 0 aromatic heterocycles. The first-order chi connectivity index (χ1) is 13.5. The topological polar surface area (TPSA) is 74.6 Å². The van der Waals surface area contributed by atoms with Crippen LogP contribution in [0.2, 0.25) is 0 Å². The number of unbranched alkanes of at least 4 members (excludes halogenated alkanes) is 10. The summed E-state index contributed by atoms with van der Waals surface area (Å²) in [5.74, 6) is -1.39. The Morgan fingerprint density at radius 3 is 1.14 bits per heavy atom. The minimum absolute atomic E-state index is 0. The first kappa shape index (κ1) is 32.7. The molecular weight excluding hydrogens is 418 g/mol. The number of aliphatic carboxylic acids is 2. The van der Waals surface area contributed by atoms with Gasteiger partial charge in [0.15, 0.2) is 0 Å². The van der Waals surface area contributed by atoms with Crippen LogP contribution >= 0.6 is 0 Å². The molecule has 0 atom stereocenters. The molecule has 0 saturated carbocycles. The van der Waals surface area contributed by atoms with Crippen molar-refractivity contribution in [3.8, 4) is 0 Å². The quantitative estimate of drug-likeness (QED) is 0.126. The van der Waals surface area contributed by atoms with Gasteiger partial charge in [0.25, 0.3) is 0 Å². The van der Waals surface area contributed by atoms with Crippen molar-refractivity contribution in [2.75, 3.05) is 0 Å². The van der Waals surface area contributed by atoms with Crippen molar-refractivity contribution in [3.63, 3.8) is 0 Å². The molecule has 0 amide bonds. The van der Waals surface area contributed by atoms with Crippen LogP contribution in [0.25, 0.3) is 0 Å². The second-order valence-electron chi connectivity index (χ2n) is 7.21. The molecule has 0 aliphatic heterocycles. The van der Waals surface area contributed by atoms with Gasteiger partial charge in [-0.1, -0.05) is 76.7 Å². The summed E-state index contributed by atoms with van der Waals surface area (Å²) in [6.07, 6.45) is 25.2. The number of carboxylic acids is 2. The van der Waals surface area contributed by atoms with Crippen molar-refractivity contribution < 1.29 is 39.3 Å². The number of rotatable bonds is 18. The molecule has 0 radical (unpaired) electrons. The van der Waals surface area contributed by atoms with Crippen molar-refractivity contribution in [2.45, 2.75) is 117 Å². The zero-order chi connectivity index (χ0) is 21.3. The van der Waals surface area contributed by atoms with Crippen LogP contribution in [-0.4, -0.2) is 22.2 Å². The molecule has 5 heteroatoms. The Morgan fingerprint density at radius 1 is 0.552 bits per heavy atom. The SMILES string of the molecule is CCCCCCC=CCCCC(=O)O.CCCCCCC=CCCCC(=O)O.[Zn]. The van der Waals surface area contributed by atoms with E-state index in [2.05, 4.69) is 38.2 Å². The molecule has 0 unspecified atom stereocenters. The third-order valence-electron chi connectivity index (χ3n) is 4.30. The number of hydrogen-bond donors (Lipinski definition) is 2. The number of carbonyl (C=O) groups is 2.